The van der Waals surface area contributed by atoms with Crippen LogP contribution in [0.1, 0.15) is 28.1 Å². The molecule has 5 heteroatoms. The van der Waals surface area contributed by atoms with Gasteiger partial charge in [-0.25, -0.2) is 9.37 Å². The van der Waals surface area contributed by atoms with Crippen molar-refractivity contribution < 1.29 is 13.9 Å². The van der Waals surface area contributed by atoms with Gasteiger partial charge in [0.25, 0.3) is 0 Å². The molecule has 1 unspecified atom stereocenters. The minimum atomic E-state index is -0.805. The molecule has 21 heavy (non-hydrogen) atoms. The number of hydrogen-bond donors (Lipinski definition) is 0. The van der Waals surface area contributed by atoms with Gasteiger partial charge in [0.1, 0.15) is 5.82 Å². The summed E-state index contributed by atoms with van der Waals surface area (Å²) in [5.41, 5.74) is 3.30. The normalized spacial score (nSPS) is 20.9. The molecule has 0 spiro atoms. The van der Waals surface area contributed by atoms with Crippen LogP contribution in [0.5, 0.6) is 0 Å². The van der Waals surface area contributed by atoms with Crippen molar-refractivity contribution in [1.29, 1.82) is 0 Å². The highest BCUT2D eigenvalue weighted by Gasteiger charge is 2.46. The number of halogens is 1. The standard InChI is InChI=1S/C16H16FNO2S/c1-10-11(4-3-5-12(10)17)16(15(19)20-2)7-6-13-14(8-16)21-9-18-13/h3-5,9H,6-8H2,1-2H3. The van der Waals surface area contributed by atoms with E-state index >= 15 is 0 Å². The summed E-state index contributed by atoms with van der Waals surface area (Å²) in [6.07, 6.45) is 1.84. The van der Waals surface area contributed by atoms with Crippen LogP contribution in [0, 0.1) is 12.7 Å². The van der Waals surface area contributed by atoms with Crippen LogP contribution in [-0.4, -0.2) is 18.1 Å². The first-order valence-electron chi connectivity index (χ1n) is 6.84. The number of fused-ring (bicyclic) bond motifs is 1. The zero-order valence-electron chi connectivity index (χ0n) is 12.0. The van der Waals surface area contributed by atoms with Gasteiger partial charge in [0.15, 0.2) is 0 Å². The molecule has 1 aliphatic rings. The van der Waals surface area contributed by atoms with Crippen LogP contribution in [-0.2, 0) is 27.8 Å². The smallest absolute Gasteiger partial charge is 0.316 e. The van der Waals surface area contributed by atoms with Gasteiger partial charge in [-0.3, -0.25) is 4.79 Å². The molecule has 3 rings (SSSR count). The van der Waals surface area contributed by atoms with Gasteiger partial charge >= 0.3 is 5.97 Å². The van der Waals surface area contributed by atoms with Crippen molar-refractivity contribution in [3.05, 3.63) is 51.2 Å². The Hall–Kier alpha value is -1.75. The first kappa shape index (κ1) is 14.2. The lowest BCUT2D eigenvalue weighted by Crippen LogP contribution is -2.42. The molecule has 0 radical (unpaired) electrons. The highest BCUT2D eigenvalue weighted by molar-refractivity contribution is 7.09. The monoisotopic (exact) mass is 305 g/mol. The molecule has 1 aromatic heterocycles. The van der Waals surface area contributed by atoms with E-state index in [-0.39, 0.29) is 11.8 Å². The molecular formula is C16H16FNO2S. The van der Waals surface area contributed by atoms with E-state index in [9.17, 15) is 9.18 Å². The Morgan fingerprint density at radius 2 is 2.29 bits per heavy atom. The Balaban J connectivity index is 2.16. The lowest BCUT2D eigenvalue weighted by molar-refractivity contribution is -0.148. The van der Waals surface area contributed by atoms with Crippen molar-refractivity contribution in [3.8, 4) is 0 Å². The SMILES string of the molecule is COC(=O)C1(c2cccc(F)c2C)CCc2ncsc2C1. The van der Waals surface area contributed by atoms with Crippen LogP contribution in [0.4, 0.5) is 4.39 Å². The predicted octanol–water partition coefficient (Wildman–Crippen LogP) is 3.19. The maximum Gasteiger partial charge on any atom is 0.316 e. The molecule has 0 aliphatic heterocycles. The number of hydrogen-bond acceptors (Lipinski definition) is 4. The van der Waals surface area contributed by atoms with Gasteiger partial charge in [-0.2, -0.15) is 0 Å². The van der Waals surface area contributed by atoms with Crippen LogP contribution >= 0.6 is 11.3 Å². The molecule has 3 nitrogen and oxygen atoms in total. The lowest BCUT2D eigenvalue weighted by atomic mass is 9.69. The van der Waals surface area contributed by atoms with Crippen LogP contribution in [0.3, 0.4) is 0 Å². The van der Waals surface area contributed by atoms with Gasteiger partial charge in [-0.15, -0.1) is 11.3 Å². The van der Waals surface area contributed by atoms with Crippen molar-refractivity contribution in [2.24, 2.45) is 0 Å². The average molecular weight is 305 g/mol. The molecule has 2 aromatic rings. The highest BCUT2D eigenvalue weighted by atomic mass is 32.1. The number of aromatic nitrogens is 1. The summed E-state index contributed by atoms with van der Waals surface area (Å²) in [7, 11) is 1.39. The number of methoxy groups -OCH3 is 1. The number of carbonyl (C=O) groups is 1. The van der Waals surface area contributed by atoms with E-state index in [2.05, 4.69) is 4.98 Å². The Kier molecular flexibility index (Phi) is 3.53. The highest BCUT2D eigenvalue weighted by Crippen LogP contribution is 2.42. The second-order valence-electron chi connectivity index (χ2n) is 5.39. The summed E-state index contributed by atoms with van der Waals surface area (Å²) < 4.78 is 19.0. The zero-order chi connectivity index (χ0) is 15.0. The van der Waals surface area contributed by atoms with E-state index in [1.807, 2.05) is 6.07 Å². The molecule has 0 saturated carbocycles. The first-order chi connectivity index (χ1) is 10.1. The van der Waals surface area contributed by atoms with Crippen LogP contribution in [0.25, 0.3) is 0 Å². The van der Waals surface area contributed by atoms with Gasteiger partial charge in [0, 0.05) is 11.3 Å². The van der Waals surface area contributed by atoms with Gasteiger partial charge in [0.2, 0.25) is 0 Å². The Labute approximate surface area is 126 Å². The average Bonchev–Trinajstić information content (AvgIpc) is 2.96. The second kappa shape index (κ2) is 5.22. The number of ether oxygens (including phenoxy) is 1. The fraction of sp³-hybridized carbons (Fsp3) is 0.375. The zero-order valence-corrected chi connectivity index (χ0v) is 12.8. The van der Waals surface area contributed by atoms with E-state index in [4.69, 9.17) is 4.74 Å². The Bertz CT molecular complexity index is 697. The van der Waals surface area contributed by atoms with Gasteiger partial charge in [-0.05, 0) is 37.0 Å². The summed E-state index contributed by atoms with van der Waals surface area (Å²) in [6, 6.07) is 4.91. The molecule has 110 valence electrons. The number of thiazole rings is 1. The third-order valence-electron chi connectivity index (χ3n) is 4.34. The molecule has 0 saturated heterocycles. The molecule has 1 atom stereocenters. The van der Waals surface area contributed by atoms with Crippen molar-refractivity contribution in [2.45, 2.75) is 31.6 Å². The van der Waals surface area contributed by atoms with Crippen molar-refractivity contribution in [1.82, 2.24) is 4.98 Å². The molecule has 0 amide bonds. The predicted molar refractivity (Wildman–Crippen MR) is 79.0 cm³/mol. The van der Waals surface area contributed by atoms with Gasteiger partial charge < -0.3 is 4.74 Å². The van der Waals surface area contributed by atoms with Crippen molar-refractivity contribution >= 4 is 17.3 Å². The number of aryl methyl sites for hydroxylation is 1. The number of rotatable bonds is 2. The second-order valence-corrected chi connectivity index (χ2v) is 6.32. The molecule has 0 fully saturated rings. The van der Waals surface area contributed by atoms with Crippen LogP contribution < -0.4 is 0 Å². The van der Waals surface area contributed by atoms with Crippen LogP contribution in [0.15, 0.2) is 23.7 Å². The summed E-state index contributed by atoms with van der Waals surface area (Å²) >= 11 is 1.55. The van der Waals surface area contributed by atoms with Crippen LogP contribution in [0.2, 0.25) is 0 Å². The Morgan fingerprint density at radius 1 is 1.48 bits per heavy atom. The summed E-state index contributed by atoms with van der Waals surface area (Å²) in [4.78, 5) is 18.0. The number of carbonyl (C=O) groups excluding carboxylic acids is 1. The third-order valence-corrected chi connectivity index (χ3v) is 5.21. The van der Waals surface area contributed by atoms with E-state index < -0.39 is 5.41 Å². The third kappa shape index (κ3) is 2.16. The molecular weight excluding hydrogens is 289 g/mol. The summed E-state index contributed by atoms with van der Waals surface area (Å²) in [6.45, 7) is 1.72. The van der Waals surface area contributed by atoms with Crippen molar-refractivity contribution in [2.75, 3.05) is 7.11 Å². The maximum atomic E-state index is 13.9. The summed E-state index contributed by atoms with van der Waals surface area (Å²) in [5.74, 6) is -0.582. The number of esters is 1. The van der Waals surface area contributed by atoms with Gasteiger partial charge in [0.05, 0.1) is 23.7 Å². The minimum Gasteiger partial charge on any atom is -0.468 e. The van der Waals surface area contributed by atoms with Crippen molar-refractivity contribution in [3.63, 3.8) is 0 Å². The van der Waals surface area contributed by atoms with E-state index in [1.54, 1.807) is 29.8 Å². The Morgan fingerprint density at radius 3 is 3.05 bits per heavy atom. The topological polar surface area (TPSA) is 39.2 Å². The minimum absolute atomic E-state index is 0.286. The fourth-order valence-corrected chi connectivity index (χ4v) is 4.10. The summed E-state index contributed by atoms with van der Waals surface area (Å²) in [5, 5.41) is 0. The maximum absolute atomic E-state index is 13.9. The first-order valence-corrected chi connectivity index (χ1v) is 7.71. The van der Waals surface area contributed by atoms with Gasteiger partial charge in [-0.1, -0.05) is 12.1 Å². The van der Waals surface area contributed by atoms with E-state index in [1.165, 1.54) is 13.2 Å². The molecule has 1 heterocycles. The molecule has 0 bridgehead atoms. The number of nitrogens with zero attached hydrogens (tertiary/aromatic N) is 1. The molecule has 1 aromatic carbocycles. The number of benzene rings is 1. The quantitative estimate of drug-likeness (QED) is 0.800. The largest absolute Gasteiger partial charge is 0.468 e. The fourth-order valence-electron chi connectivity index (χ4n) is 3.17. The van der Waals surface area contributed by atoms with E-state index in [0.29, 0.717) is 24.8 Å². The van der Waals surface area contributed by atoms with E-state index in [0.717, 1.165) is 16.1 Å². The lowest BCUT2D eigenvalue weighted by Gasteiger charge is -2.35. The molecule has 1 aliphatic carbocycles. The molecule has 0 N–H and O–H groups in total.